The number of nitrogens with zero attached hydrogens (tertiary/aromatic N) is 1. The Hall–Kier alpha value is -2.38. The highest BCUT2D eigenvalue weighted by Gasteiger charge is 2.32. The van der Waals surface area contributed by atoms with Gasteiger partial charge in [-0.15, -0.1) is 11.3 Å². The Kier molecular flexibility index (Phi) is 5.12. The summed E-state index contributed by atoms with van der Waals surface area (Å²) in [5.74, 6) is 0.314. The second-order valence-electron chi connectivity index (χ2n) is 7.00. The first-order chi connectivity index (χ1) is 13.4. The van der Waals surface area contributed by atoms with Crippen LogP contribution in [0.4, 0.5) is 10.1 Å². The number of thioether (sulfide) groups is 1. The molecule has 0 fully saturated rings. The van der Waals surface area contributed by atoms with E-state index in [-0.39, 0.29) is 18.1 Å². The number of fused-ring (bicyclic) bond motifs is 1. The Balaban J connectivity index is 1.55. The molecule has 4 rings (SSSR count). The number of rotatable bonds is 4. The van der Waals surface area contributed by atoms with Gasteiger partial charge in [-0.1, -0.05) is 30.0 Å². The molecule has 4 nitrogen and oxygen atoms in total. The molecule has 0 saturated carbocycles. The van der Waals surface area contributed by atoms with Crippen molar-refractivity contribution in [3.63, 3.8) is 0 Å². The van der Waals surface area contributed by atoms with E-state index in [2.05, 4.69) is 10.3 Å². The minimum absolute atomic E-state index is 0.131. The third-order valence-corrected chi connectivity index (χ3v) is 6.75. The van der Waals surface area contributed by atoms with Crippen LogP contribution in [0.15, 0.2) is 52.8 Å². The lowest BCUT2D eigenvalue weighted by atomic mass is 9.89. The zero-order valence-corrected chi connectivity index (χ0v) is 17.0. The molecule has 3 aromatic rings. The number of amides is 1. The summed E-state index contributed by atoms with van der Waals surface area (Å²) in [5, 5.41) is 6.47. The summed E-state index contributed by atoms with van der Waals surface area (Å²) >= 11 is 3.10. The van der Waals surface area contributed by atoms with Crippen LogP contribution in [0.5, 0.6) is 0 Å². The molecule has 28 heavy (non-hydrogen) atoms. The number of anilines is 1. The lowest BCUT2D eigenvalue weighted by molar-refractivity contribution is -0.115. The number of thiophene rings is 1. The topological polar surface area (TPSA) is 67.5 Å². The minimum atomic E-state index is -0.719. The van der Waals surface area contributed by atoms with Gasteiger partial charge in [0.2, 0.25) is 5.91 Å². The van der Waals surface area contributed by atoms with Crippen molar-refractivity contribution in [1.82, 2.24) is 0 Å². The number of amidine groups is 1. The van der Waals surface area contributed by atoms with Gasteiger partial charge in [-0.25, -0.2) is 4.39 Å². The Bertz CT molecular complexity index is 1080. The summed E-state index contributed by atoms with van der Waals surface area (Å²) < 4.78 is 15.7. The molecule has 1 aromatic heterocycles. The van der Waals surface area contributed by atoms with Gasteiger partial charge in [0, 0.05) is 21.7 Å². The number of carbonyl (C=O) groups excluding carboxylic acids is 1. The van der Waals surface area contributed by atoms with Crippen molar-refractivity contribution in [2.24, 2.45) is 10.7 Å². The van der Waals surface area contributed by atoms with Crippen molar-refractivity contribution in [2.75, 3.05) is 11.1 Å². The van der Waals surface area contributed by atoms with Crippen LogP contribution in [0.25, 0.3) is 10.1 Å². The number of halogens is 1. The van der Waals surface area contributed by atoms with E-state index >= 15 is 0 Å². The molecule has 1 atom stereocenters. The van der Waals surface area contributed by atoms with E-state index < -0.39 is 5.54 Å². The summed E-state index contributed by atoms with van der Waals surface area (Å²) in [5.41, 5.74) is 7.15. The van der Waals surface area contributed by atoms with Crippen molar-refractivity contribution in [2.45, 2.75) is 25.3 Å². The molecule has 3 N–H and O–H groups in total. The summed E-state index contributed by atoms with van der Waals surface area (Å²) in [6, 6.07) is 12.7. The van der Waals surface area contributed by atoms with Crippen LogP contribution in [0.1, 0.15) is 24.5 Å². The maximum atomic E-state index is 14.5. The molecule has 1 amide bonds. The monoisotopic (exact) mass is 413 g/mol. The number of benzene rings is 2. The van der Waals surface area contributed by atoms with Crippen LogP contribution in [-0.4, -0.2) is 16.8 Å². The second-order valence-corrected chi connectivity index (χ2v) is 9.03. The van der Waals surface area contributed by atoms with E-state index in [9.17, 15) is 9.18 Å². The predicted octanol–water partition coefficient (Wildman–Crippen LogP) is 4.89. The highest BCUT2D eigenvalue weighted by molar-refractivity contribution is 8.13. The Morgan fingerprint density at radius 3 is 2.96 bits per heavy atom. The molecule has 0 bridgehead atoms. The van der Waals surface area contributed by atoms with Gasteiger partial charge in [-0.05, 0) is 53.9 Å². The molecule has 0 radical (unpaired) electrons. The van der Waals surface area contributed by atoms with Crippen LogP contribution in [0, 0.1) is 5.82 Å². The van der Waals surface area contributed by atoms with Crippen molar-refractivity contribution in [3.8, 4) is 0 Å². The lowest BCUT2D eigenvalue weighted by Crippen LogP contribution is -2.30. The summed E-state index contributed by atoms with van der Waals surface area (Å²) in [6.45, 7) is 1.88. The number of carbonyl (C=O) groups is 1. The lowest BCUT2D eigenvalue weighted by Gasteiger charge is -2.30. The van der Waals surface area contributed by atoms with E-state index in [4.69, 9.17) is 5.73 Å². The maximum Gasteiger partial charge on any atom is 0.228 e. The van der Waals surface area contributed by atoms with Crippen molar-refractivity contribution < 1.29 is 9.18 Å². The Morgan fingerprint density at radius 1 is 1.32 bits per heavy atom. The summed E-state index contributed by atoms with van der Waals surface area (Å²) in [6.07, 6.45) is 0.962. The number of nitrogens with one attached hydrogen (secondary N) is 1. The number of nitrogens with two attached hydrogens (primary N) is 1. The molecule has 1 aliphatic rings. The fourth-order valence-corrected chi connectivity index (χ4v) is 5.38. The van der Waals surface area contributed by atoms with Gasteiger partial charge in [-0.2, -0.15) is 0 Å². The molecule has 7 heteroatoms. The minimum Gasteiger partial charge on any atom is -0.379 e. The van der Waals surface area contributed by atoms with E-state index in [0.717, 1.165) is 21.4 Å². The SMILES string of the molecule is CC1(c2cc(NC(=O)Cc3csc4ccccc34)ccc2F)CCSC(N)=N1. The third-order valence-electron chi connectivity index (χ3n) is 4.94. The fraction of sp³-hybridized carbons (Fsp3) is 0.238. The first-order valence-corrected chi connectivity index (χ1v) is 10.8. The summed E-state index contributed by atoms with van der Waals surface area (Å²) in [4.78, 5) is 17.0. The molecule has 2 heterocycles. The average molecular weight is 414 g/mol. The first-order valence-electron chi connectivity index (χ1n) is 8.98. The van der Waals surface area contributed by atoms with Crippen LogP contribution in [0.2, 0.25) is 0 Å². The zero-order valence-electron chi connectivity index (χ0n) is 15.4. The van der Waals surface area contributed by atoms with Gasteiger partial charge >= 0.3 is 0 Å². The molecule has 1 aliphatic heterocycles. The zero-order chi connectivity index (χ0) is 19.7. The van der Waals surface area contributed by atoms with Crippen LogP contribution in [-0.2, 0) is 16.8 Å². The smallest absolute Gasteiger partial charge is 0.228 e. The molecule has 0 saturated heterocycles. The predicted molar refractivity (Wildman–Crippen MR) is 117 cm³/mol. The van der Waals surface area contributed by atoms with Gasteiger partial charge in [0.1, 0.15) is 5.82 Å². The third kappa shape index (κ3) is 3.77. The quantitative estimate of drug-likeness (QED) is 0.640. The van der Waals surface area contributed by atoms with Crippen LogP contribution < -0.4 is 11.1 Å². The Labute approximate surface area is 171 Å². The molecule has 144 valence electrons. The molecule has 2 aromatic carbocycles. The fourth-order valence-electron chi connectivity index (χ4n) is 3.44. The van der Waals surface area contributed by atoms with Gasteiger partial charge in [0.05, 0.1) is 12.0 Å². The molecule has 0 aliphatic carbocycles. The van der Waals surface area contributed by atoms with Gasteiger partial charge < -0.3 is 11.1 Å². The normalized spacial score (nSPS) is 19.4. The maximum absolute atomic E-state index is 14.5. The molecular weight excluding hydrogens is 393 g/mol. The average Bonchev–Trinajstić information content (AvgIpc) is 3.06. The molecule has 0 spiro atoms. The first kappa shape index (κ1) is 19.0. The highest BCUT2D eigenvalue weighted by Crippen LogP contribution is 2.37. The van der Waals surface area contributed by atoms with Crippen molar-refractivity contribution in [3.05, 3.63) is 64.8 Å². The standard InChI is InChI=1S/C21H20FN3OS2/c1-21(8-9-27-20(23)25-21)16-11-14(6-7-17(16)22)24-19(26)10-13-12-28-18-5-3-2-4-15(13)18/h2-7,11-12H,8-10H2,1H3,(H2,23,25)(H,24,26). The van der Waals surface area contributed by atoms with Crippen molar-refractivity contribution >= 4 is 49.9 Å². The van der Waals surface area contributed by atoms with Crippen LogP contribution >= 0.6 is 23.1 Å². The molecular formula is C21H20FN3OS2. The van der Waals surface area contributed by atoms with Gasteiger partial charge in [-0.3, -0.25) is 9.79 Å². The van der Waals surface area contributed by atoms with Crippen LogP contribution in [0.3, 0.4) is 0 Å². The van der Waals surface area contributed by atoms with E-state index in [1.54, 1.807) is 23.5 Å². The van der Waals surface area contributed by atoms with Gasteiger partial charge in [0.25, 0.3) is 0 Å². The highest BCUT2D eigenvalue weighted by atomic mass is 32.2. The Morgan fingerprint density at radius 2 is 2.14 bits per heavy atom. The number of aliphatic imine (C=N–C) groups is 1. The molecule has 1 unspecified atom stereocenters. The summed E-state index contributed by atoms with van der Waals surface area (Å²) in [7, 11) is 0. The van der Waals surface area contributed by atoms with Gasteiger partial charge in [0.15, 0.2) is 5.17 Å². The number of hydrogen-bond donors (Lipinski definition) is 2. The largest absolute Gasteiger partial charge is 0.379 e. The second kappa shape index (κ2) is 7.56. The van der Waals surface area contributed by atoms with E-state index in [1.165, 1.54) is 17.8 Å². The van der Waals surface area contributed by atoms with E-state index in [1.807, 2.05) is 36.6 Å². The van der Waals surface area contributed by atoms with Crippen molar-refractivity contribution in [1.29, 1.82) is 0 Å². The van der Waals surface area contributed by atoms with E-state index in [0.29, 0.717) is 22.8 Å². The number of hydrogen-bond acceptors (Lipinski definition) is 5.